The Morgan fingerprint density at radius 1 is 1.18 bits per heavy atom. The van der Waals surface area contributed by atoms with Gasteiger partial charge in [-0.05, 0) is 23.3 Å². The normalized spacial score (nSPS) is 15.8. The number of thiazole rings is 1. The van der Waals surface area contributed by atoms with Crippen LogP contribution >= 0.6 is 11.3 Å². The first kappa shape index (κ1) is 18.2. The quantitative estimate of drug-likeness (QED) is 0.701. The van der Waals surface area contributed by atoms with E-state index in [1.54, 1.807) is 6.20 Å². The molecule has 1 aliphatic heterocycles. The summed E-state index contributed by atoms with van der Waals surface area (Å²) in [5.41, 5.74) is 2.26. The van der Waals surface area contributed by atoms with E-state index in [1.165, 1.54) is 17.4 Å². The molecule has 8 heteroatoms. The predicted molar refractivity (Wildman–Crippen MR) is 102 cm³/mol. The number of nitrogens with one attached hydrogen (secondary N) is 1. The molecule has 142 valence electrons. The summed E-state index contributed by atoms with van der Waals surface area (Å²) in [6, 6.07) is 13.3. The number of rotatable bonds is 5. The Morgan fingerprint density at radius 2 is 2.00 bits per heavy atom. The Kier molecular flexibility index (Phi) is 5.12. The third-order valence-corrected chi connectivity index (χ3v) is 5.13. The summed E-state index contributed by atoms with van der Waals surface area (Å²) in [6.07, 6.45) is 1.66. The van der Waals surface area contributed by atoms with Crippen molar-refractivity contribution in [2.75, 3.05) is 5.32 Å². The maximum absolute atomic E-state index is 13.3. The van der Waals surface area contributed by atoms with Crippen LogP contribution in [0.3, 0.4) is 0 Å². The number of oxime groups is 1. The maximum Gasteiger partial charge on any atom is 0.270 e. The average Bonchev–Trinajstić information content (AvgIpc) is 3.35. The van der Waals surface area contributed by atoms with Crippen LogP contribution in [0.15, 0.2) is 59.9 Å². The predicted octanol–water partition coefficient (Wildman–Crippen LogP) is 4.14. The van der Waals surface area contributed by atoms with Crippen LogP contribution < -0.4 is 5.32 Å². The van der Waals surface area contributed by atoms with E-state index in [0.717, 1.165) is 28.3 Å². The smallest absolute Gasteiger partial charge is 0.270 e. The van der Waals surface area contributed by atoms with Gasteiger partial charge < -0.3 is 4.84 Å². The zero-order valence-electron chi connectivity index (χ0n) is 14.6. The molecule has 1 amide bonds. The van der Waals surface area contributed by atoms with Crippen LogP contribution in [0.1, 0.15) is 22.4 Å². The van der Waals surface area contributed by atoms with Gasteiger partial charge in [0.1, 0.15) is 0 Å². The largest absolute Gasteiger partial charge is 0.382 e. The third-order valence-electron chi connectivity index (χ3n) is 4.21. The lowest BCUT2D eigenvalue weighted by atomic mass is 10.1. The fourth-order valence-corrected chi connectivity index (χ4v) is 3.65. The zero-order chi connectivity index (χ0) is 19.5. The van der Waals surface area contributed by atoms with E-state index < -0.39 is 17.7 Å². The van der Waals surface area contributed by atoms with E-state index >= 15 is 0 Å². The fraction of sp³-hybridized carbons (Fsp3) is 0.150. The summed E-state index contributed by atoms with van der Waals surface area (Å²) in [7, 11) is 0. The molecule has 2 aromatic carbocycles. The number of carbonyl (C=O) groups excluding carboxylic acids is 1. The summed E-state index contributed by atoms with van der Waals surface area (Å²) in [4.78, 5) is 22.6. The number of halogens is 2. The molecule has 0 aliphatic carbocycles. The van der Waals surface area contributed by atoms with Gasteiger partial charge >= 0.3 is 0 Å². The topological polar surface area (TPSA) is 63.6 Å². The van der Waals surface area contributed by atoms with Crippen LogP contribution in [-0.4, -0.2) is 22.7 Å². The van der Waals surface area contributed by atoms with E-state index in [9.17, 15) is 13.6 Å². The number of benzene rings is 2. The van der Waals surface area contributed by atoms with Crippen LogP contribution in [0.25, 0.3) is 0 Å². The minimum absolute atomic E-state index is 0.330. The summed E-state index contributed by atoms with van der Waals surface area (Å²) < 4.78 is 26.3. The number of aromatic nitrogens is 1. The Hall–Kier alpha value is -3.13. The molecule has 0 saturated carbocycles. The van der Waals surface area contributed by atoms with Crippen LogP contribution in [0.5, 0.6) is 0 Å². The lowest BCUT2D eigenvalue weighted by Crippen LogP contribution is -2.27. The van der Waals surface area contributed by atoms with E-state index in [-0.39, 0.29) is 5.91 Å². The molecule has 4 rings (SSSR count). The number of carbonyl (C=O) groups is 1. The SMILES string of the molecule is O=C(Nc1ncc(Cc2ccc(F)c(F)c2)s1)C1CC(c2ccccc2)=NO1. The molecule has 1 N–H and O–H groups in total. The molecule has 1 aliphatic rings. The van der Waals surface area contributed by atoms with E-state index in [0.29, 0.717) is 23.5 Å². The van der Waals surface area contributed by atoms with Crippen molar-refractivity contribution in [1.29, 1.82) is 0 Å². The second-order valence-electron chi connectivity index (χ2n) is 6.25. The van der Waals surface area contributed by atoms with Crippen molar-refractivity contribution in [3.63, 3.8) is 0 Å². The first-order valence-electron chi connectivity index (χ1n) is 8.56. The van der Waals surface area contributed by atoms with Gasteiger partial charge in [-0.25, -0.2) is 13.8 Å². The van der Waals surface area contributed by atoms with Crippen molar-refractivity contribution in [3.8, 4) is 0 Å². The molecule has 3 aromatic rings. The van der Waals surface area contributed by atoms with Gasteiger partial charge in [0.05, 0.1) is 5.71 Å². The summed E-state index contributed by atoms with van der Waals surface area (Å²) in [5.74, 6) is -2.10. The zero-order valence-corrected chi connectivity index (χ0v) is 15.4. The molecule has 1 unspecified atom stereocenters. The molecule has 1 aromatic heterocycles. The van der Waals surface area contributed by atoms with Crippen molar-refractivity contribution in [2.45, 2.75) is 18.9 Å². The van der Waals surface area contributed by atoms with Crippen LogP contribution in [-0.2, 0) is 16.1 Å². The van der Waals surface area contributed by atoms with Gasteiger partial charge in [-0.15, -0.1) is 11.3 Å². The summed E-state index contributed by atoms with van der Waals surface area (Å²) in [5, 5.41) is 7.13. The Labute approximate surface area is 163 Å². The number of nitrogens with zero attached hydrogens (tertiary/aromatic N) is 2. The summed E-state index contributed by atoms with van der Waals surface area (Å²) >= 11 is 1.27. The highest BCUT2D eigenvalue weighted by molar-refractivity contribution is 7.15. The number of hydrogen-bond acceptors (Lipinski definition) is 5. The number of hydrogen-bond donors (Lipinski definition) is 1. The van der Waals surface area contributed by atoms with E-state index in [2.05, 4.69) is 15.5 Å². The van der Waals surface area contributed by atoms with Crippen molar-refractivity contribution in [1.82, 2.24) is 4.98 Å². The molecule has 5 nitrogen and oxygen atoms in total. The van der Waals surface area contributed by atoms with E-state index in [4.69, 9.17) is 4.84 Å². The van der Waals surface area contributed by atoms with Gasteiger partial charge in [0.2, 0.25) is 6.10 Å². The highest BCUT2D eigenvalue weighted by atomic mass is 32.1. The average molecular weight is 399 g/mol. The molecule has 28 heavy (non-hydrogen) atoms. The Morgan fingerprint density at radius 3 is 2.79 bits per heavy atom. The monoisotopic (exact) mass is 399 g/mol. The van der Waals surface area contributed by atoms with Crippen molar-refractivity contribution >= 4 is 28.1 Å². The van der Waals surface area contributed by atoms with Crippen molar-refractivity contribution in [3.05, 3.63) is 82.4 Å². The maximum atomic E-state index is 13.3. The molecule has 0 fully saturated rings. The number of amides is 1. The third kappa shape index (κ3) is 4.07. The highest BCUT2D eigenvalue weighted by Crippen LogP contribution is 2.24. The van der Waals surface area contributed by atoms with Gasteiger partial charge in [0.25, 0.3) is 5.91 Å². The van der Waals surface area contributed by atoms with Crippen LogP contribution in [0.2, 0.25) is 0 Å². The van der Waals surface area contributed by atoms with E-state index in [1.807, 2.05) is 30.3 Å². The standard InChI is InChI=1S/C20H15F2N3O2S/c21-15-7-6-12(9-16(15)22)8-14-11-23-20(28-14)24-19(26)18-10-17(25-27-18)13-4-2-1-3-5-13/h1-7,9,11,18H,8,10H2,(H,23,24,26). The minimum atomic E-state index is -0.886. The van der Waals surface area contributed by atoms with Crippen LogP contribution in [0, 0.1) is 11.6 Å². The van der Waals surface area contributed by atoms with Crippen molar-refractivity contribution < 1.29 is 18.4 Å². The Bertz CT molecular complexity index is 1040. The van der Waals surface area contributed by atoms with Gasteiger partial charge in [-0.1, -0.05) is 41.6 Å². The molecule has 0 saturated heterocycles. The number of anilines is 1. The molecule has 0 spiro atoms. The van der Waals surface area contributed by atoms with Crippen LogP contribution in [0.4, 0.5) is 13.9 Å². The molecule has 0 radical (unpaired) electrons. The lowest BCUT2D eigenvalue weighted by Gasteiger charge is -2.07. The molecule has 2 heterocycles. The van der Waals surface area contributed by atoms with Gasteiger partial charge in [0, 0.05) is 23.9 Å². The summed E-state index contributed by atoms with van der Waals surface area (Å²) in [6.45, 7) is 0. The van der Waals surface area contributed by atoms with Crippen molar-refractivity contribution in [2.24, 2.45) is 5.16 Å². The lowest BCUT2D eigenvalue weighted by molar-refractivity contribution is -0.125. The second-order valence-corrected chi connectivity index (χ2v) is 7.36. The highest BCUT2D eigenvalue weighted by Gasteiger charge is 2.29. The first-order chi connectivity index (χ1) is 13.6. The second kappa shape index (κ2) is 7.85. The van der Waals surface area contributed by atoms with Gasteiger partial charge in [0.15, 0.2) is 16.8 Å². The fourth-order valence-electron chi connectivity index (χ4n) is 2.80. The molecule has 0 bridgehead atoms. The molecule has 1 atom stereocenters. The molecular formula is C20H15F2N3O2S. The van der Waals surface area contributed by atoms with Gasteiger partial charge in [-0.2, -0.15) is 0 Å². The first-order valence-corrected chi connectivity index (χ1v) is 9.38. The Balaban J connectivity index is 1.35. The van der Waals surface area contributed by atoms with Gasteiger partial charge in [-0.3, -0.25) is 10.1 Å². The minimum Gasteiger partial charge on any atom is -0.382 e. The molecular weight excluding hydrogens is 384 g/mol.